The fraction of sp³-hybridized carbons (Fsp3) is 0.647. The summed E-state index contributed by atoms with van der Waals surface area (Å²) in [5.74, 6) is -3.84. The molecule has 2 aliphatic rings. The Morgan fingerprint density at radius 2 is 2.12 bits per heavy atom. The Labute approximate surface area is 145 Å². The van der Waals surface area contributed by atoms with Crippen LogP contribution in [0.1, 0.15) is 23.3 Å². The van der Waals surface area contributed by atoms with Crippen LogP contribution in [0.25, 0.3) is 0 Å². The van der Waals surface area contributed by atoms with Crippen LogP contribution < -0.4 is 0 Å². The van der Waals surface area contributed by atoms with E-state index in [1.807, 2.05) is 0 Å². The van der Waals surface area contributed by atoms with Crippen molar-refractivity contribution in [3.05, 3.63) is 24.0 Å². The molecule has 0 aliphatic carbocycles. The smallest absolute Gasteiger partial charge is 0.270 e. The summed E-state index contributed by atoms with van der Waals surface area (Å²) in [6.45, 7) is 0.558. The lowest BCUT2D eigenvalue weighted by molar-refractivity contribution is -0.151. The Hall–Kier alpha value is -1.96. The molecule has 0 aromatic carbocycles. The fourth-order valence-electron chi connectivity index (χ4n) is 3.91. The molecule has 2 aliphatic heterocycles. The molecular weight excluding hydrogens is 332 g/mol. The van der Waals surface area contributed by atoms with Gasteiger partial charge in [-0.05, 0) is 18.6 Å². The Kier molecular flexibility index (Phi) is 4.57. The SMILES string of the molecule is COCCN1CCC2(CN(C(=O)c3cccn3C)CC(F)(F)C2)C1=O. The minimum Gasteiger partial charge on any atom is -0.383 e. The van der Waals surface area contributed by atoms with Gasteiger partial charge in [-0.3, -0.25) is 9.59 Å². The van der Waals surface area contributed by atoms with Crippen LogP contribution in [0.4, 0.5) is 8.78 Å². The first kappa shape index (κ1) is 17.8. The van der Waals surface area contributed by atoms with Crippen molar-refractivity contribution in [2.75, 3.05) is 39.9 Å². The van der Waals surface area contributed by atoms with Gasteiger partial charge < -0.3 is 19.1 Å². The zero-order valence-corrected chi connectivity index (χ0v) is 14.5. The summed E-state index contributed by atoms with van der Waals surface area (Å²) in [4.78, 5) is 28.2. The van der Waals surface area contributed by atoms with Gasteiger partial charge in [-0.1, -0.05) is 0 Å². The molecule has 1 aromatic heterocycles. The molecule has 0 radical (unpaired) electrons. The number of amides is 2. The molecule has 1 spiro atoms. The number of hydrogen-bond donors (Lipinski definition) is 0. The lowest BCUT2D eigenvalue weighted by Gasteiger charge is -2.42. The second-order valence-corrected chi connectivity index (χ2v) is 7.01. The molecule has 0 bridgehead atoms. The van der Waals surface area contributed by atoms with E-state index >= 15 is 0 Å². The molecule has 2 fully saturated rings. The number of aromatic nitrogens is 1. The summed E-state index contributed by atoms with van der Waals surface area (Å²) < 4.78 is 35.4. The summed E-state index contributed by atoms with van der Waals surface area (Å²) in [5.41, 5.74) is -0.856. The number of rotatable bonds is 4. The number of methoxy groups -OCH3 is 1. The van der Waals surface area contributed by atoms with Crippen LogP contribution >= 0.6 is 0 Å². The quantitative estimate of drug-likeness (QED) is 0.820. The molecule has 25 heavy (non-hydrogen) atoms. The predicted octanol–water partition coefficient (Wildman–Crippen LogP) is 1.37. The van der Waals surface area contributed by atoms with Gasteiger partial charge in [0.25, 0.3) is 11.8 Å². The van der Waals surface area contributed by atoms with Crippen molar-refractivity contribution in [1.29, 1.82) is 0 Å². The Morgan fingerprint density at radius 3 is 2.76 bits per heavy atom. The van der Waals surface area contributed by atoms with Gasteiger partial charge in [-0.25, -0.2) is 8.78 Å². The van der Waals surface area contributed by atoms with Gasteiger partial charge in [-0.2, -0.15) is 0 Å². The van der Waals surface area contributed by atoms with Gasteiger partial charge in [0.1, 0.15) is 5.69 Å². The number of carbonyl (C=O) groups is 2. The minimum absolute atomic E-state index is 0.0366. The third-order valence-corrected chi connectivity index (χ3v) is 5.13. The third-order valence-electron chi connectivity index (χ3n) is 5.13. The Balaban J connectivity index is 1.83. The zero-order chi connectivity index (χ0) is 18.2. The van der Waals surface area contributed by atoms with Crippen LogP contribution in [0, 0.1) is 5.41 Å². The Morgan fingerprint density at radius 1 is 1.36 bits per heavy atom. The standard InChI is InChI=1S/C17H23F2N3O3/c1-20-6-3-4-13(20)14(23)22-11-16(10-17(18,19)12-22)5-7-21(15(16)24)8-9-25-2/h3-4,6H,5,7-12H2,1-2H3. The van der Waals surface area contributed by atoms with Crippen LogP contribution in [0.15, 0.2) is 18.3 Å². The van der Waals surface area contributed by atoms with Crippen molar-refractivity contribution in [2.24, 2.45) is 12.5 Å². The van der Waals surface area contributed by atoms with Crippen molar-refractivity contribution >= 4 is 11.8 Å². The molecule has 3 rings (SSSR count). The minimum atomic E-state index is -3.08. The highest BCUT2D eigenvalue weighted by atomic mass is 19.3. The van der Waals surface area contributed by atoms with Crippen LogP contribution in [0.5, 0.6) is 0 Å². The summed E-state index contributed by atoms with van der Waals surface area (Å²) in [6.07, 6.45) is 1.53. The maximum absolute atomic E-state index is 14.4. The lowest BCUT2D eigenvalue weighted by atomic mass is 9.77. The van der Waals surface area contributed by atoms with E-state index in [0.29, 0.717) is 31.8 Å². The van der Waals surface area contributed by atoms with Gasteiger partial charge in [0.2, 0.25) is 5.91 Å². The normalized spacial score (nSPS) is 25.8. The van der Waals surface area contributed by atoms with E-state index in [4.69, 9.17) is 4.74 Å². The number of piperidine rings is 1. The maximum Gasteiger partial charge on any atom is 0.270 e. The average molecular weight is 355 g/mol. The van der Waals surface area contributed by atoms with Crippen molar-refractivity contribution < 1.29 is 23.1 Å². The highest BCUT2D eigenvalue weighted by Crippen LogP contribution is 2.45. The molecule has 6 nitrogen and oxygen atoms in total. The van der Waals surface area contributed by atoms with E-state index in [9.17, 15) is 18.4 Å². The van der Waals surface area contributed by atoms with Crippen molar-refractivity contribution in [3.8, 4) is 0 Å². The molecule has 3 heterocycles. The van der Waals surface area contributed by atoms with Crippen molar-refractivity contribution in [2.45, 2.75) is 18.8 Å². The maximum atomic E-state index is 14.4. The predicted molar refractivity (Wildman–Crippen MR) is 86.4 cm³/mol. The topological polar surface area (TPSA) is 54.8 Å². The number of alkyl halides is 2. The van der Waals surface area contributed by atoms with Crippen molar-refractivity contribution in [1.82, 2.24) is 14.4 Å². The molecule has 2 amide bonds. The van der Waals surface area contributed by atoms with Crippen LogP contribution in [0.3, 0.4) is 0 Å². The van der Waals surface area contributed by atoms with Gasteiger partial charge in [-0.15, -0.1) is 0 Å². The number of likely N-dealkylation sites (tertiary alicyclic amines) is 2. The number of carbonyl (C=O) groups excluding carboxylic acids is 2. The first-order valence-electron chi connectivity index (χ1n) is 8.35. The third kappa shape index (κ3) is 3.27. The first-order chi connectivity index (χ1) is 11.8. The second kappa shape index (κ2) is 6.40. The molecule has 8 heteroatoms. The fourth-order valence-corrected chi connectivity index (χ4v) is 3.91. The summed E-state index contributed by atoms with van der Waals surface area (Å²) >= 11 is 0. The van der Waals surface area contributed by atoms with Crippen LogP contribution in [-0.2, 0) is 16.6 Å². The molecule has 1 atom stereocenters. The van der Waals surface area contributed by atoms with Crippen LogP contribution in [-0.4, -0.2) is 72.0 Å². The number of ether oxygens (including phenoxy) is 1. The monoisotopic (exact) mass is 355 g/mol. The second-order valence-electron chi connectivity index (χ2n) is 7.01. The zero-order valence-electron chi connectivity index (χ0n) is 14.5. The number of halogens is 2. The highest BCUT2D eigenvalue weighted by molar-refractivity contribution is 5.94. The van der Waals surface area contributed by atoms with Gasteiger partial charge in [0.05, 0.1) is 18.6 Å². The summed E-state index contributed by atoms with van der Waals surface area (Å²) in [7, 11) is 3.23. The van der Waals surface area contributed by atoms with E-state index in [0.717, 1.165) is 4.90 Å². The van der Waals surface area contributed by atoms with Gasteiger partial charge >= 0.3 is 0 Å². The molecule has 1 aromatic rings. The largest absolute Gasteiger partial charge is 0.383 e. The van der Waals surface area contributed by atoms with E-state index in [1.54, 1.807) is 34.8 Å². The molecule has 138 valence electrons. The lowest BCUT2D eigenvalue weighted by Crippen LogP contribution is -2.57. The van der Waals surface area contributed by atoms with E-state index < -0.39 is 30.2 Å². The average Bonchev–Trinajstić information content (AvgIpc) is 3.09. The van der Waals surface area contributed by atoms with Crippen LogP contribution in [0.2, 0.25) is 0 Å². The Bertz CT molecular complexity index is 676. The van der Waals surface area contributed by atoms with Gasteiger partial charge in [0.15, 0.2) is 0 Å². The van der Waals surface area contributed by atoms with E-state index in [2.05, 4.69) is 0 Å². The first-order valence-corrected chi connectivity index (χ1v) is 8.35. The number of nitrogens with zero attached hydrogens (tertiary/aromatic N) is 3. The van der Waals surface area contributed by atoms with E-state index in [1.165, 1.54) is 7.11 Å². The molecule has 0 N–H and O–H groups in total. The summed E-state index contributed by atoms with van der Waals surface area (Å²) in [6, 6.07) is 3.29. The van der Waals surface area contributed by atoms with E-state index in [-0.39, 0.29) is 12.5 Å². The van der Waals surface area contributed by atoms with Crippen molar-refractivity contribution in [3.63, 3.8) is 0 Å². The molecule has 0 saturated carbocycles. The number of hydrogen-bond acceptors (Lipinski definition) is 3. The summed E-state index contributed by atoms with van der Waals surface area (Å²) in [5, 5.41) is 0. The molecule has 2 saturated heterocycles. The van der Waals surface area contributed by atoms with Gasteiger partial charge in [0, 0.05) is 46.4 Å². The number of aryl methyl sites for hydroxylation is 1. The molecule has 1 unspecified atom stereocenters. The molecular formula is C17H23F2N3O3. The highest BCUT2D eigenvalue weighted by Gasteiger charge is 2.57.